The molecule has 0 fully saturated rings. The van der Waals surface area contributed by atoms with Crippen molar-refractivity contribution in [3.8, 4) is 0 Å². The lowest BCUT2D eigenvalue weighted by Crippen LogP contribution is -1.97. The average Bonchev–Trinajstić information content (AvgIpc) is 2.25. The maximum atomic E-state index is 10.2. The van der Waals surface area contributed by atoms with Crippen LogP contribution in [0.3, 0.4) is 0 Å². The molecule has 5 heteroatoms. The van der Waals surface area contributed by atoms with Crippen molar-refractivity contribution in [3.05, 3.63) is 0 Å². The highest BCUT2D eigenvalue weighted by Crippen LogP contribution is 2.15. The molecule has 0 heterocycles. The van der Waals surface area contributed by atoms with Gasteiger partial charge in [-0.05, 0) is 19.4 Å². The summed E-state index contributed by atoms with van der Waals surface area (Å²) in [6, 6.07) is 0. The van der Waals surface area contributed by atoms with E-state index in [-0.39, 0.29) is 0 Å². The zero-order valence-electron chi connectivity index (χ0n) is 10.1. The topological polar surface area (TPSA) is 72.5 Å². The molecule has 0 rings (SSSR count). The van der Waals surface area contributed by atoms with Crippen LogP contribution in [0.2, 0.25) is 0 Å². The van der Waals surface area contributed by atoms with Crippen molar-refractivity contribution in [3.63, 3.8) is 0 Å². The third kappa shape index (κ3) is 14.0. The number of rotatable bonds is 12. The van der Waals surface area contributed by atoms with Crippen LogP contribution in [0.15, 0.2) is 0 Å². The first-order chi connectivity index (χ1) is 7.77. The molecule has 0 spiro atoms. The monoisotopic (exact) mass is 250 g/mol. The van der Waals surface area contributed by atoms with E-state index in [0.717, 1.165) is 25.8 Å². The standard InChI is InChI=1S/C11H24NO3P/c12-10-8-6-4-2-1-3-5-7-9-11-15-16(13)14/h1-12H2/p+1. The van der Waals surface area contributed by atoms with Crippen LogP contribution in [0.5, 0.6) is 0 Å². The molecule has 1 unspecified atom stereocenters. The van der Waals surface area contributed by atoms with E-state index >= 15 is 0 Å². The van der Waals surface area contributed by atoms with Crippen LogP contribution in [0, 0.1) is 0 Å². The molecule has 0 radical (unpaired) electrons. The molecule has 0 aliphatic rings. The van der Waals surface area contributed by atoms with Crippen LogP contribution in [-0.2, 0) is 9.09 Å². The van der Waals surface area contributed by atoms with E-state index in [4.69, 9.17) is 10.6 Å². The molecule has 0 bridgehead atoms. The first-order valence-corrected chi connectivity index (χ1v) is 7.39. The largest absolute Gasteiger partial charge is 0.694 e. The maximum Gasteiger partial charge on any atom is 0.694 e. The Morgan fingerprint density at radius 3 is 1.75 bits per heavy atom. The molecule has 0 aromatic rings. The van der Waals surface area contributed by atoms with Crippen molar-refractivity contribution < 1.29 is 14.0 Å². The number of nitrogens with two attached hydrogens (primary N) is 1. The molecule has 0 aromatic carbocycles. The average molecular weight is 250 g/mol. The molecule has 0 aliphatic heterocycles. The van der Waals surface area contributed by atoms with Crippen LogP contribution >= 0.6 is 8.25 Å². The van der Waals surface area contributed by atoms with Gasteiger partial charge in [-0.15, -0.1) is 9.42 Å². The van der Waals surface area contributed by atoms with Crippen molar-refractivity contribution in [1.82, 2.24) is 0 Å². The molecule has 0 aliphatic carbocycles. The molecule has 0 amide bonds. The summed E-state index contributed by atoms with van der Waals surface area (Å²) in [5.41, 5.74) is 5.41. The van der Waals surface area contributed by atoms with E-state index in [9.17, 15) is 4.57 Å². The number of hydrogen-bond acceptors (Lipinski definition) is 3. The van der Waals surface area contributed by atoms with E-state index in [2.05, 4.69) is 4.52 Å². The lowest BCUT2D eigenvalue weighted by atomic mass is 10.1. The van der Waals surface area contributed by atoms with Crippen LogP contribution in [0.1, 0.15) is 57.8 Å². The summed E-state index contributed by atoms with van der Waals surface area (Å²) in [5, 5.41) is 0. The van der Waals surface area contributed by atoms with Gasteiger partial charge in [0, 0.05) is 4.57 Å². The van der Waals surface area contributed by atoms with Gasteiger partial charge in [0.1, 0.15) is 6.61 Å². The van der Waals surface area contributed by atoms with Crippen LogP contribution in [0.4, 0.5) is 0 Å². The van der Waals surface area contributed by atoms with Crippen molar-refractivity contribution in [1.29, 1.82) is 0 Å². The molecule has 0 aromatic heterocycles. The molecule has 4 nitrogen and oxygen atoms in total. The Balaban J connectivity index is 2.90. The van der Waals surface area contributed by atoms with Gasteiger partial charge < -0.3 is 5.73 Å². The van der Waals surface area contributed by atoms with Gasteiger partial charge in [-0.25, -0.2) is 0 Å². The highest BCUT2D eigenvalue weighted by molar-refractivity contribution is 7.32. The molecule has 0 saturated carbocycles. The normalized spacial score (nSPS) is 11.8. The highest BCUT2D eigenvalue weighted by Gasteiger charge is 2.09. The van der Waals surface area contributed by atoms with E-state index in [0.29, 0.717) is 6.61 Å². The highest BCUT2D eigenvalue weighted by atomic mass is 31.1. The van der Waals surface area contributed by atoms with Crippen molar-refractivity contribution in [2.75, 3.05) is 13.2 Å². The summed E-state index contributed by atoms with van der Waals surface area (Å²) < 4.78 is 14.7. The van der Waals surface area contributed by atoms with Gasteiger partial charge in [0.2, 0.25) is 0 Å². The molecule has 16 heavy (non-hydrogen) atoms. The van der Waals surface area contributed by atoms with Crippen LogP contribution < -0.4 is 5.73 Å². The molecule has 1 atom stereocenters. The second kappa shape index (κ2) is 13.0. The zero-order chi connectivity index (χ0) is 12.1. The third-order valence-electron chi connectivity index (χ3n) is 2.55. The fraction of sp³-hybridized carbons (Fsp3) is 1.00. The SMILES string of the molecule is NCCCCCCCCCCCO[P+](=O)O. The Morgan fingerprint density at radius 1 is 0.875 bits per heavy atom. The Bertz CT molecular complexity index is 167. The summed E-state index contributed by atoms with van der Waals surface area (Å²) >= 11 is 0. The van der Waals surface area contributed by atoms with Crippen LogP contribution in [0.25, 0.3) is 0 Å². The van der Waals surface area contributed by atoms with Gasteiger partial charge in [-0.2, -0.15) is 0 Å². The van der Waals surface area contributed by atoms with Gasteiger partial charge in [0.05, 0.1) is 0 Å². The molecule has 0 saturated heterocycles. The summed E-state index contributed by atoms with van der Waals surface area (Å²) in [4.78, 5) is 8.37. The summed E-state index contributed by atoms with van der Waals surface area (Å²) in [5.74, 6) is 0. The summed E-state index contributed by atoms with van der Waals surface area (Å²) in [7, 11) is -2.40. The van der Waals surface area contributed by atoms with Crippen molar-refractivity contribution in [2.45, 2.75) is 57.8 Å². The fourth-order valence-corrected chi connectivity index (χ4v) is 1.91. The van der Waals surface area contributed by atoms with Gasteiger partial charge in [-0.3, -0.25) is 0 Å². The summed E-state index contributed by atoms with van der Waals surface area (Å²) in [6.07, 6.45) is 10.7. The quantitative estimate of drug-likeness (QED) is 0.412. The fourth-order valence-electron chi connectivity index (χ4n) is 1.63. The van der Waals surface area contributed by atoms with Gasteiger partial charge in [-0.1, -0.05) is 44.9 Å². The van der Waals surface area contributed by atoms with E-state index < -0.39 is 8.25 Å². The Labute approximate surface area is 99.5 Å². The minimum absolute atomic E-state index is 0.405. The van der Waals surface area contributed by atoms with E-state index in [1.54, 1.807) is 0 Å². The zero-order valence-corrected chi connectivity index (χ0v) is 11.0. The van der Waals surface area contributed by atoms with E-state index in [1.807, 2.05) is 0 Å². The molecule has 3 N–H and O–H groups in total. The predicted molar refractivity (Wildman–Crippen MR) is 66.4 cm³/mol. The molecular formula is C11H25NO3P+. The second-order valence-corrected chi connectivity index (χ2v) is 4.78. The number of unbranched alkanes of at least 4 members (excludes halogenated alkanes) is 8. The Kier molecular flexibility index (Phi) is 13.0. The molecular weight excluding hydrogens is 225 g/mol. The Morgan fingerprint density at radius 2 is 1.31 bits per heavy atom. The van der Waals surface area contributed by atoms with Crippen molar-refractivity contribution >= 4 is 8.25 Å². The lowest BCUT2D eigenvalue weighted by Gasteiger charge is -2.00. The van der Waals surface area contributed by atoms with Gasteiger partial charge >= 0.3 is 8.25 Å². The summed E-state index contributed by atoms with van der Waals surface area (Å²) in [6.45, 7) is 1.22. The second-order valence-electron chi connectivity index (χ2n) is 4.04. The first-order valence-electron chi connectivity index (χ1n) is 6.26. The smallest absolute Gasteiger partial charge is 0.330 e. The maximum absolute atomic E-state index is 10.2. The molecule has 96 valence electrons. The van der Waals surface area contributed by atoms with Crippen molar-refractivity contribution in [2.24, 2.45) is 5.73 Å². The minimum Gasteiger partial charge on any atom is -0.330 e. The van der Waals surface area contributed by atoms with E-state index in [1.165, 1.54) is 38.5 Å². The Hall–Kier alpha value is -0.0200. The van der Waals surface area contributed by atoms with Gasteiger partial charge in [0.15, 0.2) is 0 Å². The van der Waals surface area contributed by atoms with Gasteiger partial charge in [0.25, 0.3) is 0 Å². The van der Waals surface area contributed by atoms with Crippen LogP contribution in [-0.4, -0.2) is 18.0 Å². The predicted octanol–water partition coefficient (Wildman–Crippen LogP) is 3.12. The minimum atomic E-state index is -2.40. The lowest BCUT2D eigenvalue weighted by molar-refractivity contribution is 0.273. The first kappa shape index (κ1) is 16.0. The number of hydrogen-bond donors (Lipinski definition) is 2. The third-order valence-corrected chi connectivity index (χ3v) is 2.95.